The molecular formula is C9H14N4O2S2. The summed E-state index contributed by atoms with van der Waals surface area (Å²) in [4.78, 5) is 0. The molecule has 94 valence electrons. The average Bonchev–Trinajstić information content (AvgIpc) is 3.15. The van der Waals surface area contributed by atoms with Gasteiger partial charge in [0.2, 0.25) is 9.47 Å². The van der Waals surface area contributed by atoms with Gasteiger partial charge >= 0.3 is 0 Å². The number of hydrogen-bond donors (Lipinski definition) is 2. The first-order valence-electron chi connectivity index (χ1n) is 5.61. The van der Waals surface area contributed by atoms with Gasteiger partial charge in [-0.1, -0.05) is 11.3 Å². The second-order valence-corrected chi connectivity index (χ2v) is 7.82. The van der Waals surface area contributed by atoms with Crippen LogP contribution in [0, 0.1) is 11.3 Å². The van der Waals surface area contributed by atoms with E-state index in [4.69, 9.17) is 5.73 Å². The molecule has 0 aliphatic heterocycles. The normalized spacial score (nSPS) is 22.6. The fraction of sp³-hybridized carbons (Fsp3) is 0.778. The van der Waals surface area contributed by atoms with Crippen molar-refractivity contribution in [2.45, 2.75) is 30.0 Å². The number of rotatable bonds is 5. The first-order valence-corrected chi connectivity index (χ1v) is 7.90. The van der Waals surface area contributed by atoms with Crippen molar-refractivity contribution in [1.29, 1.82) is 0 Å². The molecule has 1 aromatic heterocycles. The van der Waals surface area contributed by atoms with Crippen LogP contribution in [0.25, 0.3) is 0 Å². The van der Waals surface area contributed by atoms with Gasteiger partial charge in [-0.15, -0.1) is 10.2 Å². The number of hydrogen-bond acceptors (Lipinski definition) is 6. The van der Waals surface area contributed by atoms with Gasteiger partial charge in [-0.05, 0) is 37.0 Å². The Morgan fingerprint density at radius 3 is 2.59 bits per heavy atom. The number of aromatic nitrogens is 2. The predicted molar refractivity (Wildman–Crippen MR) is 63.9 cm³/mol. The van der Waals surface area contributed by atoms with Gasteiger partial charge in [0.1, 0.15) is 0 Å². The van der Waals surface area contributed by atoms with Crippen molar-refractivity contribution < 1.29 is 8.42 Å². The molecule has 3 N–H and O–H groups in total. The molecule has 2 saturated carbocycles. The lowest BCUT2D eigenvalue weighted by molar-refractivity contribution is 0.431. The number of nitrogen functional groups attached to an aromatic ring is 1. The third kappa shape index (κ3) is 2.16. The summed E-state index contributed by atoms with van der Waals surface area (Å²) in [5, 5.41) is 7.25. The van der Waals surface area contributed by atoms with Crippen molar-refractivity contribution in [3.05, 3.63) is 0 Å². The summed E-state index contributed by atoms with van der Waals surface area (Å²) in [6.45, 7) is 0.527. The van der Waals surface area contributed by atoms with Gasteiger partial charge in [0.15, 0.2) is 0 Å². The lowest BCUT2D eigenvalue weighted by Crippen LogP contribution is -2.31. The minimum absolute atomic E-state index is 0.0402. The van der Waals surface area contributed by atoms with E-state index in [9.17, 15) is 8.42 Å². The Balaban J connectivity index is 1.68. The van der Waals surface area contributed by atoms with E-state index >= 15 is 0 Å². The zero-order valence-corrected chi connectivity index (χ0v) is 10.9. The fourth-order valence-corrected chi connectivity index (χ4v) is 4.18. The van der Waals surface area contributed by atoms with Crippen LogP contribution in [-0.4, -0.2) is 25.2 Å². The van der Waals surface area contributed by atoms with E-state index in [-0.39, 0.29) is 14.9 Å². The van der Waals surface area contributed by atoms with Crippen molar-refractivity contribution in [2.75, 3.05) is 12.3 Å². The quantitative estimate of drug-likeness (QED) is 0.819. The van der Waals surface area contributed by atoms with E-state index in [0.717, 1.165) is 30.1 Å². The Morgan fingerprint density at radius 1 is 1.41 bits per heavy atom. The van der Waals surface area contributed by atoms with Crippen LogP contribution >= 0.6 is 11.3 Å². The van der Waals surface area contributed by atoms with Gasteiger partial charge in [0, 0.05) is 6.54 Å². The maximum atomic E-state index is 11.9. The molecule has 8 heteroatoms. The Kier molecular flexibility index (Phi) is 2.43. The molecule has 0 bridgehead atoms. The van der Waals surface area contributed by atoms with Crippen molar-refractivity contribution in [1.82, 2.24) is 14.9 Å². The van der Waals surface area contributed by atoms with E-state index in [0.29, 0.717) is 6.54 Å². The summed E-state index contributed by atoms with van der Waals surface area (Å²) in [6.07, 6.45) is 4.76. The standard InChI is InChI=1S/C9H14N4O2S2/c10-7-12-13-8(16-7)17(14,15)11-5-9(3-4-9)6-1-2-6/h6,11H,1-5H2,(H2,10,12). The number of nitrogens with one attached hydrogen (secondary N) is 1. The summed E-state index contributed by atoms with van der Waals surface area (Å²) in [6, 6.07) is 0. The van der Waals surface area contributed by atoms with Gasteiger partial charge in [0.05, 0.1) is 0 Å². The van der Waals surface area contributed by atoms with E-state index < -0.39 is 10.0 Å². The maximum absolute atomic E-state index is 11.9. The van der Waals surface area contributed by atoms with Crippen LogP contribution < -0.4 is 10.5 Å². The topological polar surface area (TPSA) is 98.0 Å². The SMILES string of the molecule is Nc1nnc(S(=O)(=O)NCC2(C3CC3)CC2)s1. The summed E-state index contributed by atoms with van der Waals surface area (Å²) in [5.74, 6) is 0.727. The molecule has 6 nitrogen and oxygen atoms in total. The first kappa shape index (κ1) is 11.4. The molecular weight excluding hydrogens is 260 g/mol. The lowest BCUT2D eigenvalue weighted by atomic mass is 10.0. The fourth-order valence-electron chi connectivity index (χ4n) is 2.22. The van der Waals surface area contributed by atoms with Gasteiger partial charge in [-0.3, -0.25) is 0 Å². The Labute approximate surface area is 104 Å². The van der Waals surface area contributed by atoms with E-state index in [2.05, 4.69) is 14.9 Å². The zero-order chi connectivity index (χ0) is 12.1. The van der Waals surface area contributed by atoms with Crippen LogP contribution in [0.3, 0.4) is 0 Å². The third-order valence-electron chi connectivity index (χ3n) is 3.60. The van der Waals surface area contributed by atoms with Gasteiger partial charge in [-0.25, -0.2) is 13.1 Å². The number of anilines is 1. The Morgan fingerprint density at radius 2 is 2.12 bits per heavy atom. The Hall–Kier alpha value is -0.730. The molecule has 1 aromatic rings. The van der Waals surface area contributed by atoms with Crippen LogP contribution in [-0.2, 0) is 10.0 Å². The van der Waals surface area contributed by atoms with Crippen molar-refractivity contribution in [3.63, 3.8) is 0 Å². The van der Waals surface area contributed by atoms with Crippen LogP contribution in [0.1, 0.15) is 25.7 Å². The van der Waals surface area contributed by atoms with Crippen molar-refractivity contribution >= 4 is 26.5 Å². The van der Waals surface area contributed by atoms with Gasteiger partial charge in [0.25, 0.3) is 10.0 Å². The molecule has 0 atom stereocenters. The molecule has 0 spiro atoms. The summed E-state index contributed by atoms with van der Waals surface area (Å²) in [7, 11) is -3.52. The molecule has 0 unspecified atom stereocenters. The van der Waals surface area contributed by atoms with E-state index in [1.807, 2.05) is 0 Å². The molecule has 2 aliphatic rings. The highest BCUT2D eigenvalue weighted by Crippen LogP contribution is 2.60. The molecule has 0 radical (unpaired) electrons. The highest BCUT2D eigenvalue weighted by Gasteiger charge is 2.53. The largest absolute Gasteiger partial charge is 0.374 e. The molecule has 3 rings (SSSR count). The minimum atomic E-state index is -3.52. The average molecular weight is 274 g/mol. The summed E-state index contributed by atoms with van der Waals surface area (Å²) in [5.41, 5.74) is 5.62. The van der Waals surface area contributed by atoms with Crippen molar-refractivity contribution in [2.24, 2.45) is 11.3 Å². The van der Waals surface area contributed by atoms with Gasteiger partial charge < -0.3 is 5.73 Å². The van der Waals surface area contributed by atoms with E-state index in [1.54, 1.807) is 0 Å². The van der Waals surface area contributed by atoms with Crippen LogP contribution in [0.5, 0.6) is 0 Å². The predicted octanol–water partition coefficient (Wildman–Crippen LogP) is 0.589. The molecule has 0 amide bonds. The smallest absolute Gasteiger partial charge is 0.269 e. The summed E-state index contributed by atoms with van der Waals surface area (Å²) >= 11 is 0.895. The molecule has 0 aromatic carbocycles. The number of nitrogens with zero attached hydrogens (tertiary/aromatic N) is 2. The molecule has 2 fully saturated rings. The lowest BCUT2D eigenvalue weighted by Gasteiger charge is -2.13. The molecule has 1 heterocycles. The highest BCUT2D eigenvalue weighted by molar-refractivity contribution is 7.91. The van der Waals surface area contributed by atoms with Crippen LogP contribution in [0.4, 0.5) is 5.13 Å². The van der Waals surface area contributed by atoms with Gasteiger partial charge in [-0.2, -0.15) is 0 Å². The molecule has 2 aliphatic carbocycles. The zero-order valence-electron chi connectivity index (χ0n) is 9.22. The Bertz CT molecular complexity index is 531. The first-order chi connectivity index (χ1) is 8.02. The minimum Gasteiger partial charge on any atom is -0.374 e. The van der Waals surface area contributed by atoms with Crippen molar-refractivity contribution in [3.8, 4) is 0 Å². The number of nitrogens with two attached hydrogens (primary N) is 1. The highest BCUT2D eigenvalue weighted by atomic mass is 32.2. The molecule has 17 heavy (non-hydrogen) atoms. The molecule has 0 saturated heterocycles. The number of sulfonamides is 1. The van der Waals surface area contributed by atoms with Crippen LogP contribution in [0.2, 0.25) is 0 Å². The third-order valence-corrected chi connectivity index (χ3v) is 6.12. The van der Waals surface area contributed by atoms with E-state index in [1.165, 1.54) is 12.8 Å². The maximum Gasteiger partial charge on any atom is 0.269 e. The monoisotopic (exact) mass is 274 g/mol. The second-order valence-electron chi connectivity index (χ2n) is 4.87. The van der Waals surface area contributed by atoms with Crippen LogP contribution in [0.15, 0.2) is 4.34 Å². The summed E-state index contributed by atoms with van der Waals surface area (Å²) < 4.78 is 26.4. The second kappa shape index (κ2) is 3.63.